The van der Waals surface area contributed by atoms with E-state index in [0.29, 0.717) is 29.2 Å². The van der Waals surface area contributed by atoms with Gasteiger partial charge in [-0.15, -0.1) is 0 Å². The molecule has 6 nitrogen and oxygen atoms in total. The lowest BCUT2D eigenvalue weighted by atomic mass is 10.0. The maximum absolute atomic E-state index is 12.8. The maximum Gasteiger partial charge on any atom is 0.337 e. The van der Waals surface area contributed by atoms with Crippen LogP contribution in [0.5, 0.6) is 5.75 Å². The first-order valence-electron chi connectivity index (χ1n) is 9.83. The molecule has 0 aliphatic heterocycles. The minimum Gasteiger partial charge on any atom is -0.493 e. The number of hydrogen-bond donors (Lipinski definition) is 1. The molecule has 6 heteroatoms. The number of benzene rings is 3. The van der Waals surface area contributed by atoms with Gasteiger partial charge in [0.25, 0.3) is 5.91 Å². The van der Waals surface area contributed by atoms with Gasteiger partial charge >= 0.3 is 5.97 Å². The lowest BCUT2D eigenvalue weighted by Gasteiger charge is -2.12. The van der Waals surface area contributed by atoms with Crippen LogP contribution in [0, 0.1) is 11.3 Å². The molecule has 0 aliphatic rings. The number of fused-ring (bicyclic) bond motifs is 1. The van der Waals surface area contributed by atoms with E-state index in [1.165, 1.54) is 7.11 Å². The Balaban J connectivity index is 1.93. The van der Waals surface area contributed by atoms with Crippen molar-refractivity contribution in [3.63, 3.8) is 0 Å². The van der Waals surface area contributed by atoms with Crippen LogP contribution >= 0.6 is 0 Å². The van der Waals surface area contributed by atoms with E-state index in [-0.39, 0.29) is 5.57 Å². The Hall–Kier alpha value is -4.11. The van der Waals surface area contributed by atoms with Gasteiger partial charge in [-0.1, -0.05) is 37.3 Å². The molecule has 1 amide bonds. The van der Waals surface area contributed by atoms with Crippen LogP contribution in [0.2, 0.25) is 0 Å². The highest BCUT2D eigenvalue weighted by atomic mass is 16.5. The van der Waals surface area contributed by atoms with Crippen LogP contribution in [0.15, 0.2) is 66.2 Å². The van der Waals surface area contributed by atoms with Crippen molar-refractivity contribution in [3.05, 3.63) is 77.4 Å². The first-order chi connectivity index (χ1) is 15.1. The third kappa shape index (κ3) is 5.09. The number of ether oxygens (including phenoxy) is 2. The summed E-state index contributed by atoms with van der Waals surface area (Å²) in [5, 5.41) is 14.2. The molecule has 0 unspecified atom stereocenters. The Bertz CT molecular complexity index is 1170. The molecule has 0 atom stereocenters. The largest absolute Gasteiger partial charge is 0.493 e. The molecule has 0 radical (unpaired) electrons. The van der Waals surface area contributed by atoms with Crippen LogP contribution in [-0.2, 0) is 9.53 Å². The summed E-state index contributed by atoms with van der Waals surface area (Å²) in [4.78, 5) is 24.3. The molecule has 0 saturated carbocycles. The molecule has 156 valence electrons. The summed E-state index contributed by atoms with van der Waals surface area (Å²) in [5.41, 5.74) is 1.44. The predicted octanol–water partition coefficient (Wildman–Crippen LogP) is 4.96. The summed E-state index contributed by atoms with van der Waals surface area (Å²) in [7, 11) is 1.30. The van der Waals surface area contributed by atoms with E-state index in [2.05, 4.69) is 10.1 Å². The van der Waals surface area contributed by atoms with Gasteiger partial charge in [-0.3, -0.25) is 4.79 Å². The first kappa shape index (κ1) is 21.6. The zero-order valence-corrected chi connectivity index (χ0v) is 17.3. The molecule has 1 N–H and O–H groups in total. The summed E-state index contributed by atoms with van der Waals surface area (Å²) < 4.78 is 10.5. The van der Waals surface area contributed by atoms with Gasteiger partial charge in [-0.05, 0) is 53.6 Å². The summed E-state index contributed by atoms with van der Waals surface area (Å²) >= 11 is 0. The van der Waals surface area contributed by atoms with Crippen LogP contribution in [0.3, 0.4) is 0 Å². The van der Waals surface area contributed by atoms with Crippen molar-refractivity contribution in [2.45, 2.75) is 13.3 Å². The SMILES string of the molecule is CCCOc1ccc2ccccc2c1/C=C(\C#N)C(=O)Nc1ccc(C(=O)OC)cc1. The Labute approximate surface area is 180 Å². The summed E-state index contributed by atoms with van der Waals surface area (Å²) in [5.74, 6) is -0.405. The minimum absolute atomic E-state index is 0.0604. The van der Waals surface area contributed by atoms with E-state index in [9.17, 15) is 14.9 Å². The lowest BCUT2D eigenvalue weighted by molar-refractivity contribution is -0.112. The average molecular weight is 414 g/mol. The topological polar surface area (TPSA) is 88.4 Å². The van der Waals surface area contributed by atoms with Crippen LogP contribution in [0.4, 0.5) is 5.69 Å². The fourth-order valence-electron chi connectivity index (χ4n) is 3.06. The molecule has 0 spiro atoms. The monoisotopic (exact) mass is 414 g/mol. The predicted molar refractivity (Wildman–Crippen MR) is 120 cm³/mol. The van der Waals surface area contributed by atoms with Crippen molar-refractivity contribution >= 4 is 34.4 Å². The van der Waals surface area contributed by atoms with E-state index in [0.717, 1.165) is 17.2 Å². The minimum atomic E-state index is -0.553. The molecule has 0 aromatic heterocycles. The molecule has 0 saturated heterocycles. The molecule has 31 heavy (non-hydrogen) atoms. The van der Waals surface area contributed by atoms with Crippen molar-refractivity contribution < 1.29 is 19.1 Å². The van der Waals surface area contributed by atoms with Crippen LogP contribution in [0.25, 0.3) is 16.8 Å². The normalized spacial score (nSPS) is 10.9. The van der Waals surface area contributed by atoms with E-state index >= 15 is 0 Å². The number of nitrogens with zero attached hydrogens (tertiary/aromatic N) is 1. The summed E-state index contributed by atoms with van der Waals surface area (Å²) in [6.45, 7) is 2.54. The Morgan fingerprint density at radius 3 is 2.48 bits per heavy atom. The molecule has 3 aromatic carbocycles. The number of carbonyl (C=O) groups is 2. The fraction of sp³-hybridized carbons (Fsp3) is 0.160. The highest BCUT2D eigenvalue weighted by molar-refractivity contribution is 6.11. The van der Waals surface area contributed by atoms with Gasteiger partial charge in [-0.2, -0.15) is 5.26 Å². The van der Waals surface area contributed by atoms with Gasteiger partial charge in [0.1, 0.15) is 17.4 Å². The van der Waals surface area contributed by atoms with E-state index in [1.807, 2.05) is 49.4 Å². The highest BCUT2D eigenvalue weighted by Gasteiger charge is 2.14. The van der Waals surface area contributed by atoms with E-state index in [1.54, 1.807) is 30.3 Å². The Kier molecular flexibility index (Phi) is 7.02. The smallest absolute Gasteiger partial charge is 0.337 e. The number of nitrogens with one attached hydrogen (secondary N) is 1. The van der Waals surface area contributed by atoms with Gasteiger partial charge in [0.15, 0.2) is 0 Å². The number of amides is 1. The molecule has 0 heterocycles. The van der Waals surface area contributed by atoms with Gasteiger partial charge in [0, 0.05) is 11.3 Å². The average Bonchev–Trinajstić information content (AvgIpc) is 2.81. The molecular weight excluding hydrogens is 392 g/mol. The number of methoxy groups -OCH3 is 1. The summed E-state index contributed by atoms with van der Waals surface area (Å²) in [6.07, 6.45) is 2.38. The van der Waals surface area contributed by atoms with E-state index in [4.69, 9.17) is 4.74 Å². The zero-order valence-electron chi connectivity index (χ0n) is 17.3. The number of carbonyl (C=O) groups excluding carboxylic acids is 2. The Morgan fingerprint density at radius 2 is 1.81 bits per heavy atom. The molecule has 0 fully saturated rings. The molecule has 3 aromatic rings. The van der Waals surface area contributed by atoms with Gasteiger partial charge in [0.2, 0.25) is 0 Å². The van der Waals surface area contributed by atoms with Crippen molar-refractivity contribution in [1.82, 2.24) is 0 Å². The van der Waals surface area contributed by atoms with Gasteiger partial charge in [0.05, 0.1) is 19.3 Å². The van der Waals surface area contributed by atoms with Crippen LogP contribution in [-0.4, -0.2) is 25.6 Å². The standard InChI is InChI=1S/C25H22N2O4/c1-3-14-31-23-13-10-17-6-4-5-7-21(17)22(23)15-19(16-26)24(28)27-20-11-8-18(9-12-20)25(29)30-2/h4-13,15H,3,14H2,1-2H3,(H,27,28)/b19-15+. The Morgan fingerprint density at radius 1 is 1.06 bits per heavy atom. The molecular formula is C25H22N2O4. The third-order valence-corrected chi connectivity index (χ3v) is 4.61. The highest BCUT2D eigenvalue weighted by Crippen LogP contribution is 2.30. The van der Waals surface area contributed by atoms with Crippen molar-refractivity contribution in [2.24, 2.45) is 0 Å². The quantitative estimate of drug-likeness (QED) is 0.335. The second-order valence-electron chi connectivity index (χ2n) is 6.74. The van der Waals surface area contributed by atoms with Crippen LogP contribution in [0.1, 0.15) is 29.3 Å². The number of rotatable bonds is 7. The number of anilines is 1. The number of esters is 1. The lowest BCUT2D eigenvalue weighted by Crippen LogP contribution is -2.13. The molecule has 0 bridgehead atoms. The second kappa shape index (κ2) is 10.1. The van der Waals surface area contributed by atoms with E-state index < -0.39 is 11.9 Å². The molecule has 0 aliphatic carbocycles. The number of hydrogen-bond acceptors (Lipinski definition) is 5. The zero-order chi connectivity index (χ0) is 22.2. The fourth-order valence-corrected chi connectivity index (χ4v) is 3.06. The van der Waals surface area contributed by atoms with Crippen molar-refractivity contribution in [2.75, 3.05) is 19.0 Å². The van der Waals surface area contributed by atoms with Crippen molar-refractivity contribution in [1.29, 1.82) is 5.26 Å². The van der Waals surface area contributed by atoms with Gasteiger partial charge in [-0.25, -0.2) is 4.79 Å². The number of nitriles is 1. The third-order valence-electron chi connectivity index (χ3n) is 4.61. The molecule has 3 rings (SSSR count). The van der Waals surface area contributed by atoms with Crippen LogP contribution < -0.4 is 10.1 Å². The van der Waals surface area contributed by atoms with Crippen molar-refractivity contribution in [3.8, 4) is 11.8 Å². The maximum atomic E-state index is 12.8. The summed E-state index contributed by atoms with van der Waals surface area (Å²) in [6, 6.07) is 19.7. The van der Waals surface area contributed by atoms with Gasteiger partial charge < -0.3 is 14.8 Å². The first-order valence-corrected chi connectivity index (χ1v) is 9.83. The second-order valence-corrected chi connectivity index (χ2v) is 6.74.